The molecule has 2 aliphatic rings. The number of morpholine rings is 1. The van der Waals surface area contributed by atoms with Crippen molar-refractivity contribution in [2.24, 2.45) is 4.99 Å². The SMILES string of the molecule is CCN(CC)C(=O)C1=C(C)N=c2s/c(=C\c3cn(CC(=O)N4CCOCC4)c4ccccc34)c(=O)n2[C@H]1c1c(OC)ccc2ccccc12. The van der Waals surface area contributed by atoms with Crippen molar-refractivity contribution in [1.82, 2.24) is 18.9 Å². The minimum absolute atomic E-state index is 0.0277. The number of aromatic nitrogens is 2. The van der Waals surface area contributed by atoms with Crippen molar-refractivity contribution < 1.29 is 19.1 Å². The molecular formula is C38H39N5O5S. The zero-order valence-electron chi connectivity index (χ0n) is 28.1. The molecule has 3 aromatic carbocycles. The average Bonchev–Trinajstić information content (AvgIpc) is 3.63. The number of nitrogens with zero attached hydrogens (tertiary/aromatic N) is 5. The van der Waals surface area contributed by atoms with Crippen molar-refractivity contribution in [3.05, 3.63) is 109 Å². The van der Waals surface area contributed by atoms with Crippen molar-refractivity contribution in [2.45, 2.75) is 33.4 Å². The molecule has 252 valence electrons. The number of thiazole rings is 1. The summed E-state index contributed by atoms with van der Waals surface area (Å²) < 4.78 is 15.4. The van der Waals surface area contributed by atoms with E-state index in [1.54, 1.807) is 16.6 Å². The Labute approximate surface area is 287 Å². The van der Waals surface area contributed by atoms with Crippen LogP contribution in [0, 0.1) is 0 Å². The summed E-state index contributed by atoms with van der Waals surface area (Å²) in [6.45, 7) is 9.21. The van der Waals surface area contributed by atoms with Gasteiger partial charge in [0.15, 0.2) is 4.80 Å². The number of hydrogen-bond acceptors (Lipinski definition) is 7. The summed E-state index contributed by atoms with van der Waals surface area (Å²) in [5.41, 5.74) is 3.26. The fourth-order valence-electron chi connectivity index (χ4n) is 7.01. The summed E-state index contributed by atoms with van der Waals surface area (Å²) in [5.74, 6) is 0.458. The van der Waals surface area contributed by atoms with E-state index in [-0.39, 0.29) is 23.9 Å². The molecule has 7 rings (SSSR count). The van der Waals surface area contributed by atoms with Crippen molar-refractivity contribution in [1.29, 1.82) is 0 Å². The number of para-hydroxylation sites is 1. The van der Waals surface area contributed by atoms with Crippen molar-refractivity contribution in [3.8, 4) is 5.75 Å². The van der Waals surface area contributed by atoms with Crippen molar-refractivity contribution in [2.75, 3.05) is 46.5 Å². The number of carbonyl (C=O) groups is 2. The Morgan fingerprint density at radius 2 is 1.73 bits per heavy atom. The number of allylic oxidation sites excluding steroid dienone is 1. The molecule has 0 radical (unpaired) electrons. The molecule has 1 atom stereocenters. The smallest absolute Gasteiger partial charge is 0.271 e. The molecule has 2 aromatic heterocycles. The fourth-order valence-corrected chi connectivity index (χ4v) is 8.04. The minimum atomic E-state index is -0.764. The molecule has 0 N–H and O–H groups in total. The number of rotatable bonds is 8. The van der Waals surface area contributed by atoms with Gasteiger partial charge >= 0.3 is 0 Å². The first-order chi connectivity index (χ1) is 23.8. The van der Waals surface area contributed by atoms with E-state index >= 15 is 0 Å². The summed E-state index contributed by atoms with van der Waals surface area (Å²) in [5, 5.41) is 2.81. The van der Waals surface area contributed by atoms with Crippen LogP contribution in [0.2, 0.25) is 0 Å². The first kappa shape index (κ1) is 32.5. The second-order valence-corrected chi connectivity index (χ2v) is 13.2. The fraction of sp³-hybridized carbons (Fsp3) is 0.316. The van der Waals surface area contributed by atoms with Gasteiger partial charge in [-0.2, -0.15) is 0 Å². The van der Waals surface area contributed by atoms with E-state index < -0.39 is 6.04 Å². The van der Waals surface area contributed by atoms with Crippen LogP contribution in [0.25, 0.3) is 27.8 Å². The number of benzene rings is 3. The number of carbonyl (C=O) groups excluding carboxylic acids is 2. The lowest BCUT2D eigenvalue weighted by atomic mass is 9.90. The number of fused-ring (bicyclic) bond motifs is 3. The Bertz CT molecular complexity index is 2310. The highest BCUT2D eigenvalue weighted by Crippen LogP contribution is 2.40. The maximum absolute atomic E-state index is 14.7. The monoisotopic (exact) mass is 677 g/mol. The molecule has 2 aliphatic heterocycles. The van der Waals surface area contributed by atoms with Crippen molar-refractivity contribution >= 4 is 50.9 Å². The predicted molar refractivity (Wildman–Crippen MR) is 192 cm³/mol. The van der Waals surface area contributed by atoms with Gasteiger partial charge in [-0.15, -0.1) is 0 Å². The molecule has 1 saturated heterocycles. The van der Waals surface area contributed by atoms with E-state index in [9.17, 15) is 14.4 Å². The zero-order valence-corrected chi connectivity index (χ0v) is 29.0. The van der Waals surface area contributed by atoms with E-state index in [1.165, 1.54) is 11.3 Å². The van der Waals surface area contributed by atoms with Crippen LogP contribution in [0.1, 0.15) is 37.9 Å². The molecule has 10 nitrogen and oxygen atoms in total. The van der Waals surface area contributed by atoms with Gasteiger partial charge in [0, 0.05) is 54.4 Å². The van der Waals surface area contributed by atoms with Gasteiger partial charge in [0.2, 0.25) is 5.91 Å². The van der Waals surface area contributed by atoms with Gasteiger partial charge in [-0.25, -0.2) is 4.99 Å². The van der Waals surface area contributed by atoms with Crippen LogP contribution in [0.4, 0.5) is 0 Å². The first-order valence-electron chi connectivity index (χ1n) is 16.6. The summed E-state index contributed by atoms with van der Waals surface area (Å²) in [7, 11) is 1.61. The maximum atomic E-state index is 14.7. The lowest BCUT2D eigenvalue weighted by Crippen LogP contribution is -2.43. The van der Waals surface area contributed by atoms with Gasteiger partial charge < -0.3 is 23.8 Å². The lowest BCUT2D eigenvalue weighted by Gasteiger charge is -2.30. The Morgan fingerprint density at radius 1 is 1.02 bits per heavy atom. The average molecular weight is 678 g/mol. The molecule has 0 spiro atoms. The summed E-state index contributed by atoms with van der Waals surface area (Å²) in [6.07, 6.45) is 3.82. The van der Waals surface area contributed by atoms with Crippen LogP contribution in [0.3, 0.4) is 0 Å². The summed E-state index contributed by atoms with van der Waals surface area (Å²) in [6, 6.07) is 19.0. The Morgan fingerprint density at radius 3 is 2.47 bits per heavy atom. The molecule has 0 saturated carbocycles. The molecule has 5 aromatic rings. The van der Waals surface area contributed by atoms with Gasteiger partial charge in [-0.1, -0.05) is 59.9 Å². The zero-order chi connectivity index (χ0) is 34.2. The Kier molecular flexibility index (Phi) is 8.96. The van der Waals surface area contributed by atoms with Gasteiger partial charge in [-0.05, 0) is 49.8 Å². The lowest BCUT2D eigenvalue weighted by molar-refractivity contribution is -0.135. The number of amides is 2. The van der Waals surface area contributed by atoms with Crippen LogP contribution in [0.5, 0.6) is 5.75 Å². The predicted octanol–water partition coefficient (Wildman–Crippen LogP) is 4.08. The first-order valence-corrected chi connectivity index (χ1v) is 17.5. The van der Waals surface area contributed by atoms with Gasteiger partial charge in [0.1, 0.15) is 18.3 Å². The van der Waals surface area contributed by atoms with Crippen LogP contribution < -0.4 is 19.6 Å². The van der Waals surface area contributed by atoms with E-state index in [1.807, 2.05) is 103 Å². The molecule has 0 unspecified atom stereocenters. The molecule has 4 heterocycles. The third-order valence-electron chi connectivity index (χ3n) is 9.50. The topological polar surface area (TPSA) is 98.4 Å². The van der Waals surface area contributed by atoms with Gasteiger partial charge in [-0.3, -0.25) is 19.0 Å². The molecule has 2 amide bonds. The summed E-state index contributed by atoms with van der Waals surface area (Å²) >= 11 is 1.30. The van der Waals surface area contributed by atoms with E-state index in [4.69, 9.17) is 14.5 Å². The maximum Gasteiger partial charge on any atom is 0.271 e. The highest BCUT2D eigenvalue weighted by Gasteiger charge is 2.36. The number of ether oxygens (including phenoxy) is 2. The summed E-state index contributed by atoms with van der Waals surface area (Å²) in [4.78, 5) is 51.1. The third-order valence-corrected chi connectivity index (χ3v) is 10.5. The Hall–Kier alpha value is -5.00. The second kappa shape index (κ2) is 13.5. The highest BCUT2D eigenvalue weighted by atomic mass is 32.1. The molecule has 11 heteroatoms. The number of likely N-dealkylation sites (N-methyl/N-ethyl adjacent to an activating group) is 1. The van der Waals surface area contributed by atoms with Crippen LogP contribution in [0.15, 0.2) is 87.9 Å². The normalized spacial score (nSPS) is 16.6. The largest absolute Gasteiger partial charge is 0.496 e. The second-order valence-electron chi connectivity index (χ2n) is 12.2. The van der Waals surface area contributed by atoms with Crippen LogP contribution in [-0.2, 0) is 20.9 Å². The molecule has 49 heavy (non-hydrogen) atoms. The quantitative estimate of drug-likeness (QED) is 0.247. The number of hydrogen-bond donors (Lipinski definition) is 0. The molecule has 1 fully saturated rings. The molecule has 0 aliphatic carbocycles. The van der Waals surface area contributed by atoms with Crippen LogP contribution in [-0.4, -0.2) is 77.3 Å². The van der Waals surface area contributed by atoms with Gasteiger partial charge in [0.25, 0.3) is 11.5 Å². The standard InChI is InChI=1S/C38H39N5O5S/c1-5-40(6-2)37(46)33-24(3)39-38-43(35(33)34-28-13-8-7-11-25(28)15-16-30(34)47-4)36(45)31(49-38)21-26-22-42(29-14-10-9-12-27(26)29)23-32(44)41-17-19-48-20-18-41/h7-16,21-22,35H,5-6,17-20,23H2,1-4H3/b31-21-/t35-/m1/s1. The minimum Gasteiger partial charge on any atom is -0.496 e. The number of methoxy groups -OCH3 is 1. The molecule has 0 bridgehead atoms. The van der Waals surface area contributed by atoms with Gasteiger partial charge in [0.05, 0.1) is 36.1 Å². The highest BCUT2D eigenvalue weighted by molar-refractivity contribution is 7.07. The van der Waals surface area contributed by atoms with E-state index in [0.717, 1.165) is 32.8 Å². The van der Waals surface area contributed by atoms with Crippen molar-refractivity contribution in [3.63, 3.8) is 0 Å². The third kappa shape index (κ3) is 5.76. The van der Waals surface area contributed by atoms with E-state index in [0.29, 0.717) is 65.7 Å². The Balaban J connectivity index is 1.42. The van der Waals surface area contributed by atoms with Crippen LogP contribution >= 0.6 is 11.3 Å². The molecular weight excluding hydrogens is 639 g/mol. The van der Waals surface area contributed by atoms with E-state index in [2.05, 4.69) is 0 Å².